The van der Waals surface area contributed by atoms with Crippen molar-refractivity contribution in [3.05, 3.63) is 0 Å². The van der Waals surface area contributed by atoms with E-state index in [2.05, 4.69) is 0 Å². The molecule has 0 aliphatic heterocycles. The van der Waals surface area contributed by atoms with Gasteiger partial charge in [0.05, 0.1) is 6.61 Å². The first-order valence-corrected chi connectivity index (χ1v) is 4.63. The Hall–Kier alpha value is -0.860. The van der Waals surface area contributed by atoms with Crippen LogP contribution in [0.1, 0.15) is 40.5 Å². The summed E-state index contributed by atoms with van der Waals surface area (Å²) in [5, 5.41) is 0. The molecule has 0 amide bonds. The van der Waals surface area contributed by atoms with E-state index >= 15 is 0 Å². The third-order valence-electron chi connectivity index (χ3n) is 2.55. The van der Waals surface area contributed by atoms with Crippen molar-refractivity contribution in [3.63, 3.8) is 0 Å². The monoisotopic (exact) mass is 186 g/mol. The average Bonchev–Trinajstić information content (AvgIpc) is 2.13. The zero-order valence-electron chi connectivity index (χ0n) is 8.85. The zero-order valence-corrected chi connectivity index (χ0v) is 8.85. The lowest BCUT2D eigenvalue weighted by molar-refractivity contribution is -0.155. The summed E-state index contributed by atoms with van der Waals surface area (Å²) in [5.41, 5.74) is 0.00507. The van der Waals surface area contributed by atoms with Crippen molar-refractivity contribution in [2.75, 3.05) is 6.61 Å². The predicted molar refractivity (Wildman–Crippen MR) is 50.3 cm³/mol. The van der Waals surface area contributed by atoms with Crippen molar-refractivity contribution < 1.29 is 14.3 Å². The maximum atomic E-state index is 10.8. The highest BCUT2D eigenvalue weighted by Gasteiger charge is 2.22. The van der Waals surface area contributed by atoms with Gasteiger partial charge < -0.3 is 4.74 Å². The molecule has 0 aliphatic carbocycles. The number of esters is 1. The summed E-state index contributed by atoms with van der Waals surface area (Å²) >= 11 is 0. The second kappa shape index (κ2) is 5.00. The van der Waals surface area contributed by atoms with Gasteiger partial charge >= 0.3 is 5.97 Å². The van der Waals surface area contributed by atoms with E-state index in [0.29, 0.717) is 6.61 Å². The molecule has 0 fully saturated rings. The maximum absolute atomic E-state index is 10.8. The molecule has 0 saturated carbocycles. The molecule has 0 aromatic heterocycles. The number of carbonyl (C=O) groups is 2. The van der Waals surface area contributed by atoms with Crippen LogP contribution in [0.15, 0.2) is 0 Å². The van der Waals surface area contributed by atoms with Gasteiger partial charge in [-0.15, -0.1) is 0 Å². The van der Waals surface area contributed by atoms with Crippen molar-refractivity contribution in [2.24, 2.45) is 5.41 Å². The summed E-state index contributed by atoms with van der Waals surface area (Å²) in [4.78, 5) is 21.4. The normalized spacial score (nSPS) is 11.1. The van der Waals surface area contributed by atoms with Crippen LogP contribution >= 0.6 is 0 Å². The molecular formula is C10H18O3. The van der Waals surface area contributed by atoms with E-state index in [1.54, 1.807) is 0 Å². The molecule has 0 N–H and O–H groups in total. The van der Waals surface area contributed by atoms with E-state index in [1.807, 2.05) is 20.8 Å². The Morgan fingerprint density at radius 2 is 1.69 bits per heavy atom. The molecule has 0 spiro atoms. The third kappa shape index (κ3) is 4.06. The van der Waals surface area contributed by atoms with Crippen LogP contribution in [0, 0.1) is 5.41 Å². The largest absolute Gasteiger partial charge is 0.459 e. The molecule has 76 valence electrons. The summed E-state index contributed by atoms with van der Waals surface area (Å²) in [6, 6.07) is 0. The van der Waals surface area contributed by atoms with E-state index < -0.39 is 11.8 Å². The van der Waals surface area contributed by atoms with E-state index in [0.717, 1.165) is 12.8 Å². The molecule has 0 aromatic rings. The van der Waals surface area contributed by atoms with Crippen LogP contribution in [0.25, 0.3) is 0 Å². The van der Waals surface area contributed by atoms with Crippen LogP contribution in [0.4, 0.5) is 0 Å². The van der Waals surface area contributed by atoms with Crippen LogP contribution in [0.2, 0.25) is 0 Å². The highest BCUT2D eigenvalue weighted by atomic mass is 16.5. The molecule has 0 aromatic carbocycles. The minimum Gasteiger partial charge on any atom is -0.459 e. The van der Waals surface area contributed by atoms with Crippen LogP contribution in [-0.4, -0.2) is 18.4 Å². The Bertz CT molecular complexity index is 192. The Morgan fingerprint density at radius 3 is 2.00 bits per heavy atom. The van der Waals surface area contributed by atoms with Crippen LogP contribution in [-0.2, 0) is 14.3 Å². The molecule has 0 aliphatic rings. The number of carbonyl (C=O) groups excluding carboxylic acids is 2. The molecule has 0 saturated heterocycles. The van der Waals surface area contributed by atoms with Crippen molar-refractivity contribution in [1.82, 2.24) is 0 Å². The van der Waals surface area contributed by atoms with Gasteiger partial charge in [0.2, 0.25) is 5.78 Å². The number of Topliss-reactive ketones (excluding diaryl/α,β-unsaturated/α-hetero) is 1. The lowest BCUT2D eigenvalue weighted by atomic mass is 9.86. The predicted octanol–water partition coefficient (Wildman–Crippen LogP) is 1.94. The summed E-state index contributed by atoms with van der Waals surface area (Å²) < 4.78 is 4.86. The lowest BCUT2D eigenvalue weighted by Gasteiger charge is -2.25. The number of hydrogen-bond donors (Lipinski definition) is 0. The second-order valence-corrected chi connectivity index (χ2v) is 3.65. The zero-order chi connectivity index (χ0) is 10.5. The SMILES string of the molecule is CCC(C)(CC)COC(=O)C(C)=O. The lowest BCUT2D eigenvalue weighted by Crippen LogP contribution is -2.26. The Morgan fingerprint density at radius 1 is 1.23 bits per heavy atom. The van der Waals surface area contributed by atoms with Crippen LogP contribution < -0.4 is 0 Å². The molecule has 3 nitrogen and oxygen atoms in total. The Kier molecular flexibility index (Phi) is 4.67. The summed E-state index contributed by atoms with van der Waals surface area (Å²) in [7, 11) is 0. The van der Waals surface area contributed by atoms with Gasteiger partial charge in [-0.3, -0.25) is 4.79 Å². The number of rotatable bonds is 5. The first-order chi connectivity index (χ1) is 5.95. The number of hydrogen-bond acceptors (Lipinski definition) is 3. The minimum absolute atomic E-state index is 0.00507. The van der Waals surface area contributed by atoms with Gasteiger partial charge in [0.15, 0.2) is 0 Å². The topological polar surface area (TPSA) is 43.4 Å². The van der Waals surface area contributed by atoms with Crippen LogP contribution in [0.5, 0.6) is 0 Å². The molecule has 0 radical (unpaired) electrons. The molecule has 0 unspecified atom stereocenters. The quantitative estimate of drug-likeness (QED) is 0.487. The number of ether oxygens (including phenoxy) is 1. The fourth-order valence-electron chi connectivity index (χ4n) is 0.796. The highest BCUT2D eigenvalue weighted by molar-refractivity contribution is 6.32. The molecular weight excluding hydrogens is 168 g/mol. The van der Waals surface area contributed by atoms with Crippen LogP contribution in [0.3, 0.4) is 0 Å². The van der Waals surface area contributed by atoms with Gasteiger partial charge in [0.25, 0.3) is 0 Å². The van der Waals surface area contributed by atoms with Crippen molar-refractivity contribution in [3.8, 4) is 0 Å². The summed E-state index contributed by atoms with van der Waals surface area (Å²) in [6.07, 6.45) is 1.88. The van der Waals surface area contributed by atoms with E-state index in [4.69, 9.17) is 4.74 Å². The Balaban J connectivity index is 4.00. The molecule has 3 heteroatoms. The summed E-state index contributed by atoms with van der Waals surface area (Å²) in [6.45, 7) is 7.69. The van der Waals surface area contributed by atoms with Crippen molar-refractivity contribution in [1.29, 1.82) is 0 Å². The second-order valence-electron chi connectivity index (χ2n) is 3.65. The highest BCUT2D eigenvalue weighted by Crippen LogP contribution is 2.25. The van der Waals surface area contributed by atoms with Crippen molar-refractivity contribution in [2.45, 2.75) is 40.5 Å². The minimum atomic E-state index is -0.729. The van der Waals surface area contributed by atoms with Gasteiger partial charge in [-0.2, -0.15) is 0 Å². The van der Waals surface area contributed by atoms with Gasteiger partial charge in [-0.05, 0) is 12.8 Å². The molecule has 0 bridgehead atoms. The van der Waals surface area contributed by atoms with Crippen molar-refractivity contribution >= 4 is 11.8 Å². The van der Waals surface area contributed by atoms with E-state index in [9.17, 15) is 9.59 Å². The molecule has 13 heavy (non-hydrogen) atoms. The van der Waals surface area contributed by atoms with E-state index in [-0.39, 0.29) is 5.41 Å². The molecule has 0 rings (SSSR count). The molecule has 0 atom stereocenters. The molecule has 0 heterocycles. The first-order valence-electron chi connectivity index (χ1n) is 4.63. The maximum Gasteiger partial charge on any atom is 0.374 e. The van der Waals surface area contributed by atoms with Gasteiger partial charge in [-0.1, -0.05) is 20.8 Å². The fourth-order valence-corrected chi connectivity index (χ4v) is 0.796. The number of ketones is 1. The van der Waals surface area contributed by atoms with Gasteiger partial charge in [0.1, 0.15) is 0 Å². The van der Waals surface area contributed by atoms with Gasteiger partial charge in [0, 0.05) is 12.3 Å². The Labute approximate surface area is 79.5 Å². The van der Waals surface area contributed by atoms with E-state index in [1.165, 1.54) is 6.92 Å². The summed E-state index contributed by atoms with van der Waals surface area (Å²) in [5.74, 6) is -1.26. The van der Waals surface area contributed by atoms with Gasteiger partial charge in [-0.25, -0.2) is 4.79 Å². The average molecular weight is 186 g/mol. The first kappa shape index (κ1) is 12.1. The smallest absolute Gasteiger partial charge is 0.374 e. The standard InChI is InChI=1S/C10H18O3/c1-5-10(4,6-2)7-13-9(12)8(3)11/h5-7H2,1-4H3. The third-order valence-corrected chi connectivity index (χ3v) is 2.55. The fraction of sp³-hybridized carbons (Fsp3) is 0.800.